The molecule has 4 unspecified atom stereocenters. The number of sulfonamides is 1. The number of nitrogens with two attached hydrogens (primary N) is 1. The highest BCUT2D eigenvalue weighted by Gasteiger charge is 2.26. The Kier molecular flexibility index (Phi) is 10.3. The standard InChI is InChI=1S/C26H29Cl2N5O4S/c1-16(34)24(25(30)35)32-26(33-38(36,37)21-13-11-20(28)12-14-21)31-15-22(17-5-3-2-4-6-17)23(29)18-7-9-19(27)10-8-18/h2-14,16,22,24-25,29,34-35H,15,30H2,1H3,(H2,31,32,33). The van der Waals surface area contributed by atoms with Crippen LogP contribution in [-0.4, -0.2) is 55.2 Å². The Morgan fingerprint density at radius 2 is 1.53 bits per heavy atom. The smallest absolute Gasteiger partial charge is 0.264 e. The van der Waals surface area contributed by atoms with Gasteiger partial charge in [-0.05, 0) is 54.4 Å². The average Bonchev–Trinajstić information content (AvgIpc) is 2.87. The second kappa shape index (κ2) is 13.2. The van der Waals surface area contributed by atoms with E-state index in [4.69, 9.17) is 34.3 Å². The molecule has 0 saturated heterocycles. The van der Waals surface area contributed by atoms with E-state index < -0.39 is 34.3 Å². The van der Waals surface area contributed by atoms with Gasteiger partial charge < -0.3 is 26.7 Å². The first-order valence-electron chi connectivity index (χ1n) is 11.6. The number of aliphatic imine (C=N–C) groups is 1. The molecule has 0 radical (unpaired) electrons. The highest BCUT2D eigenvalue weighted by molar-refractivity contribution is 7.90. The van der Waals surface area contributed by atoms with Crippen LogP contribution >= 0.6 is 23.2 Å². The summed E-state index contributed by atoms with van der Waals surface area (Å²) in [5.74, 6) is -0.831. The minimum atomic E-state index is -4.14. The van der Waals surface area contributed by atoms with Gasteiger partial charge in [0.25, 0.3) is 10.0 Å². The Bertz CT molecular complexity index is 1340. The van der Waals surface area contributed by atoms with E-state index in [9.17, 15) is 18.6 Å². The maximum atomic E-state index is 13.1. The predicted octanol–water partition coefficient (Wildman–Crippen LogP) is 3.10. The normalized spacial score (nSPS) is 15.3. The van der Waals surface area contributed by atoms with Gasteiger partial charge in [-0.2, -0.15) is 0 Å². The van der Waals surface area contributed by atoms with Crippen molar-refractivity contribution >= 4 is 44.9 Å². The van der Waals surface area contributed by atoms with Crippen molar-refractivity contribution in [3.8, 4) is 0 Å². The van der Waals surface area contributed by atoms with Gasteiger partial charge in [0.2, 0.25) is 5.96 Å². The third-order valence-corrected chi connectivity index (χ3v) is 7.54. The van der Waals surface area contributed by atoms with Gasteiger partial charge in [0, 0.05) is 21.7 Å². The Balaban J connectivity index is 2.00. The Morgan fingerprint density at radius 3 is 2.05 bits per heavy atom. The topological polar surface area (TPSA) is 161 Å². The van der Waals surface area contributed by atoms with Crippen LogP contribution in [0.15, 0.2) is 88.8 Å². The zero-order valence-corrected chi connectivity index (χ0v) is 22.8. The molecule has 202 valence electrons. The molecule has 12 heteroatoms. The number of rotatable bonds is 10. The number of nitrogens with zero attached hydrogens (tertiary/aromatic N) is 1. The van der Waals surface area contributed by atoms with Crippen molar-refractivity contribution in [1.29, 1.82) is 5.41 Å². The third kappa shape index (κ3) is 8.00. The van der Waals surface area contributed by atoms with E-state index in [1.165, 1.54) is 31.2 Å². The lowest BCUT2D eigenvalue weighted by atomic mass is 9.90. The van der Waals surface area contributed by atoms with Crippen molar-refractivity contribution in [3.05, 3.63) is 100 Å². The highest BCUT2D eigenvalue weighted by Crippen LogP contribution is 2.23. The van der Waals surface area contributed by atoms with Gasteiger partial charge in [0.1, 0.15) is 6.23 Å². The molecule has 0 fully saturated rings. The van der Waals surface area contributed by atoms with Crippen molar-refractivity contribution < 1.29 is 18.6 Å². The van der Waals surface area contributed by atoms with E-state index in [0.29, 0.717) is 15.6 Å². The van der Waals surface area contributed by atoms with Crippen LogP contribution in [0.3, 0.4) is 0 Å². The van der Waals surface area contributed by atoms with Crippen molar-refractivity contribution in [1.82, 2.24) is 10.0 Å². The molecule has 3 aromatic carbocycles. The van der Waals surface area contributed by atoms with Crippen LogP contribution in [0.4, 0.5) is 0 Å². The van der Waals surface area contributed by atoms with Crippen molar-refractivity contribution in [3.63, 3.8) is 0 Å². The van der Waals surface area contributed by atoms with Crippen LogP contribution in [0.1, 0.15) is 24.0 Å². The summed E-state index contributed by atoms with van der Waals surface area (Å²) in [5, 5.41) is 32.5. The van der Waals surface area contributed by atoms with E-state index >= 15 is 0 Å². The lowest BCUT2D eigenvalue weighted by Gasteiger charge is -2.26. The molecule has 0 bridgehead atoms. The lowest BCUT2D eigenvalue weighted by Crippen LogP contribution is -2.57. The molecule has 0 saturated carbocycles. The number of hydrogen-bond acceptors (Lipinski definition) is 7. The van der Waals surface area contributed by atoms with E-state index in [1.54, 1.807) is 24.3 Å². The largest absolute Gasteiger partial charge is 0.391 e. The fraction of sp³-hybridized carbons (Fsp3) is 0.231. The zero-order valence-electron chi connectivity index (χ0n) is 20.4. The quantitative estimate of drug-likeness (QED) is 0.123. The predicted molar refractivity (Wildman–Crippen MR) is 150 cm³/mol. The molecule has 0 spiro atoms. The fourth-order valence-electron chi connectivity index (χ4n) is 3.62. The number of benzene rings is 3. The number of aliphatic hydroxyl groups excluding tert-OH is 2. The van der Waals surface area contributed by atoms with Crippen LogP contribution in [0.25, 0.3) is 0 Å². The molecular formula is C26H29Cl2N5O4S. The summed E-state index contributed by atoms with van der Waals surface area (Å²) in [7, 11) is -4.14. The minimum Gasteiger partial charge on any atom is -0.391 e. The first-order chi connectivity index (χ1) is 18.0. The molecule has 0 aliphatic rings. The summed E-state index contributed by atoms with van der Waals surface area (Å²) in [5.41, 5.74) is 7.24. The first-order valence-corrected chi connectivity index (χ1v) is 13.8. The maximum Gasteiger partial charge on any atom is 0.264 e. The maximum absolute atomic E-state index is 13.1. The summed E-state index contributed by atoms with van der Waals surface area (Å²) in [6.07, 6.45) is -2.69. The highest BCUT2D eigenvalue weighted by atomic mass is 35.5. The number of nitrogens with one attached hydrogen (secondary N) is 3. The zero-order chi connectivity index (χ0) is 27.9. The van der Waals surface area contributed by atoms with Gasteiger partial charge in [-0.15, -0.1) is 0 Å². The van der Waals surface area contributed by atoms with Gasteiger partial charge in [0.15, 0.2) is 0 Å². The van der Waals surface area contributed by atoms with Gasteiger partial charge in [-0.25, -0.2) is 13.1 Å². The molecule has 0 aliphatic carbocycles. The lowest BCUT2D eigenvalue weighted by molar-refractivity contribution is 0.0594. The average molecular weight is 579 g/mol. The molecule has 38 heavy (non-hydrogen) atoms. The molecule has 9 nitrogen and oxygen atoms in total. The Labute approximate surface area is 231 Å². The summed E-state index contributed by atoms with van der Waals surface area (Å²) >= 11 is 11.9. The van der Waals surface area contributed by atoms with Crippen LogP contribution in [0.5, 0.6) is 0 Å². The number of aliphatic hydroxyl groups is 2. The Hall–Kier alpha value is -2.99. The molecule has 3 rings (SSSR count). The monoisotopic (exact) mass is 577 g/mol. The van der Waals surface area contributed by atoms with E-state index in [2.05, 4.69) is 15.0 Å². The summed E-state index contributed by atoms with van der Waals surface area (Å²) in [6, 6.07) is 20.4. The molecule has 0 heterocycles. The van der Waals surface area contributed by atoms with Gasteiger partial charge in [0.05, 0.1) is 23.6 Å². The molecule has 0 aromatic heterocycles. The van der Waals surface area contributed by atoms with Crippen molar-refractivity contribution in [2.75, 3.05) is 6.54 Å². The molecular weight excluding hydrogens is 549 g/mol. The third-order valence-electron chi connectivity index (χ3n) is 5.68. The van der Waals surface area contributed by atoms with Crippen molar-refractivity contribution in [2.24, 2.45) is 10.7 Å². The van der Waals surface area contributed by atoms with Crippen molar-refractivity contribution in [2.45, 2.75) is 36.1 Å². The van der Waals surface area contributed by atoms with Gasteiger partial charge in [-0.1, -0.05) is 65.7 Å². The van der Waals surface area contributed by atoms with Gasteiger partial charge >= 0.3 is 0 Å². The van der Waals surface area contributed by atoms with Gasteiger partial charge in [-0.3, -0.25) is 4.99 Å². The summed E-state index contributed by atoms with van der Waals surface area (Å²) in [4.78, 5) is 4.36. The molecule has 0 aliphatic heterocycles. The van der Waals surface area contributed by atoms with Crippen LogP contribution in [0, 0.1) is 5.41 Å². The molecule has 0 amide bonds. The molecule has 7 N–H and O–H groups in total. The SMILES string of the molecule is CC(O)C(NC(=NCC(C(=N)c1ccc(Cl)cc1)c1ccccc1)NS(=O)(=O)c1ccc(Cl)cc1)C(N)O. The van der Waals surface area contributed by atoms with E-state index in [0.717, 1.165) is 5.56 Å². The Morgan fingerprint density at radius 1 is 0.974 bits per heavy atom. The fourth-order valence-corrected chi connectivity index (χ4v) is 4.86. The first kappa shape index (κ1) is 29.6. The second-order valence-corrected chi connectivity index (χ2v) is 11.1. The molecule has 3 aromatic rings. The number of hydrogen-bond donors (Lipinski definition) is 6. The number of guanidine groups is 1. The van der Waals surface area contributed by atoms with E-state index in [-0.39, 0.29) is 23.1 Å². The van der Waals surface area contributed by atoms with Crippen LogP contribution < -0.4 is 15.8 Å². The molecule has 4 atom stereocenters. The van der Waals surface area contributed by atoms with Crippen LogP contribution in [-0.2, 0) is 10.0 Å². The van der Waals surface area contributed by atoms with E-state index in [1.807, 2.05) is 30.3 Å². The summed E-state index contributed by atoms with van der Waals surface area (Å²) in [6.45, 7) is 1.34. The summed E-state index contributed by atoms with van der Waals surface area (Å²) < 4.78 is 28.5. The van der Waals surface area contributed by atoms with Crippen LogP contribution in [0.2, 0.25) is 10.0 Å². The minimum absolute atomic E-state index is 0.0514. The second-order valence-electron chi connectivity index (χ2n) is 8.53. The number of halogens is 2.